The Labute approximate surface area is 160 Å². The van der Waals surface area contributed by atoms with E-state index in [2.05, 4.69) is 11.1 Å². The van der Waals surface area contributed by atoms with Gasteiger partial charge in [-0.2, -0.15) is 5.26 Å². The van der Waals surface area contributed by atoms with E-state index in [0.717, 1.165) is 0 Å². The second kappa shape index (κ2) is 9.56. The Hall–Kier alpha value is -3.09. The molecule has 0 aliphatic carbocycles. The standard InChI is InChI=1S/C21H19N2O3P/c1-24-20-12-13-21(23-15-20)17(14-22)16-27(25-18-8-4-2-5-9-18)26-19-10-6-3-7-11-19/h2-13,15,17H,16H2,1H3. The van der Waals surface area contributed by atoms with Crippen LogP contribution in [0.3, 0.4) is 0 Å². The molecule has 27 heavy (non-hydrogen) atoms. The molecule has 0 bridgehead atoms. The highest BCUT2D eigenvalue weighted by Crippen LogP contribution is 2.43. The molecule has 0 N–H and O–H groups in total. The summed E-state index contributed by atoms with van der Waals surface area (Å²) in [7, 11) is 0.195. The maximum Gasteiger partial charge on any atom is 0.292 e. The van der Waals surface area contributed by atoms with Crippen LogP contribution in [0.4, 0.5) is 0 Å². The first-order valence-electron chi connectivity index (χ1n) is 8.41. The van der Waals surface area contributed by atoms with E-state index in [1.54, 1.807) is 25.4 Å². The number of para-hydroxylation sites is 2. The number of pyridine rings is 1. The van der Waals surface area contributed by atoms with Gasteiger partial charge in [0, 0.05) is 0 Å². The number of rotatable bonds is 8. The van der Waals surface area contributed by atoms with Crippen molar-refractivity contribution < 1.29 is 13.8 Å². The second-order valence-electron chi connectivity index (χ2n) is 5.63. The van der Waals surface area contributed by atoms with Gasteiger partial charge in [-0.25, -0.2) is 0 Å². The molecule has 1 heterocycles. The van der Waals surface area contributed by atoms with Crippen molar-refractivity contribution >= 4 is 8.38 Å². The van der Waals surface area contributed by atoms with Crippen LogP contribution in [0.25, 0.3) is 0 Å². The minimum Gasteiger partial charge on any atom is -0.495 e. The molecule has 0 radical (unpaired) electrons. The third-order valence-corrected chi connectivity index (χ3v) is 5.23. The second-order valence-corrected chi connectivity index (χ2v) is 7.02. The van der Waals surface area contributed by atoms with Gasteiger partial charge in [0.15, 0.2) is 0 Å². The molecule has 0 saturated heterocycles. The van der Waals surface area contributed by atoms with Crippen LogP contribution in [-0.2, 0) is 0 Å². The predicted octanol–water partition coefficient (Wildman–Crippen LogP) is 5.17. The smallest absolute Gasteiger partial charge is 0.292 e. The summed E-state index contributed by atoms with van der Waals surface area (Å²) in [6.45, 7) is 0. The fourth-order valence-electron chi connectivity index (χ4n) is 2.36. The van der Waals surface area contributed by atoms with E-state index in [9.17, 15) is 5.26 Å². The van der Waals surface area contributed by atoms with Crippen LogP contribution in [0, 0.1) is 11.3 Å². The molecule has 1 unspecified atom stereocenters. The highest BCUT2D eigenvalue weighted by Gasteiger charge is 2.24. The van der Waals surface area contributed by atoms with Gasteiger partial charge in [0.25, 0.3) is 8.38 Å². The summed E-state index contributed by atoms with van der Waals surface area (Å²) in [5, 5.41) is 9.67. The zero-order chi connectivity index (χ0) is 18.9. The summed E-state index contributed by atoms with van der Waals surface area (Å²) in [6, 6.07) is 24.8. The van der Waals surface area contributed by atoms with Gasteiger partial charge >= 0.3 is 0 Å². The van der Waals surface area contributed by atoms with Gasteiger partial charge in [-0.3, -0.25) is 4.98 Å². The van der Waals surface area contributed by atoms with Gasteiger partial charge in [-0.15, -0.1) is 0 Å². The van der Waals surface area contributed by atoms with Crippen LogP contribution in [-0.4, -0.2) is 18.3 Å². The largest absolute Gasteiger partial charge is 0.495 e. The zero-order valence-electron chi connectivity index (χ0n) is 14.9. The number of hydrogen-bond acceptors (Lipinski definition) is 5. The predicted molar refractivity (Wildman–Crippen MR) is 105 cm³/mol. The summed E-state index contributed by atoms with van der Waals surface area (Å²) < 4.78 is 17.2. The quantitative estimate of drug-likeness (QED) is 0.506. The van der Waals surface area contributed by atoms with Crippen molar-refractivity contribution in [3.63, 3.8) is 0 Å². The highest BCUT2D eigenvalue weighted by atomic mass is 31.2. The molecule has 136 valence electrons. The minimum absolute atomic E-state index is 0.398. The molecule has 0 spiro atoms. The number of hydrogen-bond donors (Lipinski definition) is 0. The number of benzene rings is 2. The molecule has 1 atom stereocenters. The van der Waals surface area contributed by atoms with Gasteiger partial charge in [0.1, 0.15) is 17.2 Å². The molecule has 2 aromatic carbocycles. The summed E-state index contributed by atoms with van der Waals surface area (Å²) in [4.78, 5) is 4.34. The lowest BCUT2D eigenvalue weighted by Crippen LogP contribution is -2.09. The van der Waals surface area contributed by atoms with Gasteiger partial charge in [0.2, 0.25) is 0 Å². The molecule has 1 aromatic heterocycles. The van der Waals surface area contributed by atoms with Gasteiger partial charge in [-0.1, -0.05) is 36.4 Å². The molecular weight excluding hydrogens is 359 g/mol. The Morgan fingerprint density at radius 3 is 1.93 bits per heavy atom. The summed E-state index contributed by atoms with van der Waals surface area (Å²) in [5.74, 6) is 1.62. The van der Waals surface area contributed by atoms with Crippen LogP contribution in [0.5, 0.6) is 17.2 Å². The molecule has 3 aromatic rings. The molecule has 5 nitrogen and oxygen atoms in total. The van der Waals surface area contributed by atoms with E-state index >= 15 is 0 Å². The van der Waals surface area contributed by atoms with Crippen molar-refractivity contribution in [2.75, 3.05) is 13.3 Å². The first kappa shape index (κ1) is 18.7. The van der Waals surface area contributed by atoms with Crippen molar-refractivity contribution in [3.8, 4) is 23.3 Å². The number of ether oxygens (including phenoxy) is 1. The Morgan fingerprint density at radius 1 is 0.889 bits per heavy atom. The average molecular weight is 378 g/mol. The normalized spacial score (nSPS) is 11.4. The molecule has 0 fully saturated rings. The van der Waals surface area contributed by atoms with E-state index in [4.69, 9.17) is 13.8 Å². The van der Waals surface area contributed by atoms with E-state index in [0.29, 0.717) is 29.1 Å². The molecular formula is C21H19N2O3P. The molecule has 6 heteroatoms. The Bertz CT molecular complexity index is 826. The van der Waals surface area contributed by atoms with Crippen molar-refractivity contribution in [2.45, 2.75) is 5.92 Å². The molecule has 0 amide bonds. The molecule has 0 saturated carbocycles. The first-order chi connectivity index (χ1) is 13.3. The lowest BCUT2D eigenvalue weighted by atomic mass is 10.1. The van der Waals surface area contributed by atoms with Crippen LogP contribution >= 0.6 is 8.38 Å². The van der Waals surface area contributed by atoms with Crippen molar-refractivity contribution in [3.05, 3.63) is 84.7 Å². The average Bonchev–Trinajstić information content (AvgIpc) is 2.73. The number of methoxy groups -OCH3 is 1. The Kier molecular flexibility index (Phi) is 6.62. The molecule has 0 aliphatic rings. The maximum atomic E-state index is 9.67. The summed E-state index contributed by atoms with van der Waals surface area (Å²) in [5.41, 5.74) is 0.666. The maximum absolute atomic E-state index is 9.67. The number of nitriles is 1. The van der Waals surface area contributed by atoms with Crippen LogP contribution in [0.15, 0.2) is 79.0 Å². The zero-order valence-corrected chi connectivity index (χ0v) is 15.8. The topological polar surface area (TPSA) is 64.4 Å². The third-order valence-electron chi connectivity index (χ3n) is 3.74. The van der Waals surface area contributed by atoms with E-state index in [1.807, 2.05) is 60.7 Å². The fraction of sp³-hybridized carbons (Fsp3) is 0.143. The SMILES string of the molecule is COc1ccc(C(C#N)CP(Oc2ccccc2)Oc2ccccc2)nc1. The lowest BCUT2D eigenvalue weighted by Gasteiger charge is -2.20. The van der Waals surface area contributed by atoms with Crippen LogP contribution in [0.1, 0.15) is 11.6 Å². The highest BCUT2D eigenvalue weighted by molar-refractivity contribution is 7.48. The first-order valence-corrected chi connectivity index (χ1v) is 9.78. The Morgan fingerprint density at radius 2 is 1.48 bits per heavy atom. The van der Waals surface area contributed by atoms with Crippen molar-refractivity contribution in [1.82, 2.24) is 4.98 Å². The van der Waals surface area contributed by atoms with Gasteiger partial charge in [-0.05, 0) is 36.4 Å². The molecule has 0 aliphatic heterocycles. The monoisotopic (exact) mass is 378 g/mol. The van der Waals surface area contributed by atoms with Crippen molar-refractivity contribution in [1.29, 1.82) is 5.26 Å². The van der Waals surface area contributed by atoms with E-state index in [-0.39, 0.29) is 0 Å². The third kappa shape index (κ3) is 5.44. The van der Waals surface area contributed by atoms with E-state index in [1.165, 1.54) is 0 Å². The van der Waals surface area contributed by atoms with Gasteiger partial charge < -0.3 is 13.8 Å². The minimum atomic E-state index is -1.39. The van der Waals surface area contributed by atoms with Crippen LogP contribution in [0.2, 0.25) is 0 Å². The lowest BCUT2D eigenvalue weighted by molar-refractivity contribution is 0.412. The van der Waals surface area contributed by atoms with E-state index < -0.39 is 14.3 Å². The summed E-state index contributed by atoms with van der Waals surface area (Å²) in [6.07, 6.45) is 2.01. The Balaban J connectivity index is 1.78. The fourth-order valence-corrected chi connectivity index (χ4v) is 3.83. The van der Waals surface area contributed by atoms with Crippen LogP contribution < -0.4 is 13.8 Å². The molecule has 3 rings (SSSR count). The van der Waals surface area contributed by atoms with Gasteiger partial charge in [0.05, 0.1) is 37.1 Å². The summed E-state index contributed by atoms with van der Waals surface area (Å²) >= 11 is 0. The number of nitrogens with zero attached hydrogens (tertiary/aromatic N) is 2. The van der Waals surface area contributed by atoms with Crippen molar-refractivity contribution in [2.24, 2.45) is 0 Å². The number of aromatic nitrogens is 1.